The molecule has 5 nitrogen and oxygen atoms in total. The number of hydrogen-bond donors (Lipinski definition) is 2. The number of rotatable bonds is 4. The molecule has 94 valence electrons. The second-order valence-electron chi connectivity index (χ2n) is 3.56. The van der Waals surface area contributed by atoms with Gasteiger partial charge in [0.2, 0.25) is 5.88 Å². The first kappa shape index (κ1) is 13.0. The number of nitrogens with one attached hydrogen (secondary N) is 1. The third-order valence-corrected chi connectivity index (χ3v) is 3.14. The summed E-state index contributed by atoms with van der Waals surface area (Å²) in [6, 6.07) is 7.76. The molecule has 0 radical (unpaired) electrons. The average Bonchev–Trinajstić information content (AvgIpc) is 2.41. The number of nitrogens with two attached hydrogens (primary N) is 1. The molecule has 0 unspecified atom stereocenters. The highest BCUT2D eigenvalue weighted by Gasteiger charge is 2.10. The van der Waals surface area contributed by atoms with Crippen LogP contribution in [0.3, 0.4) is 0 Å². The smallest absolute Gasteiger partial charge is 0.227 e. The van der Waals surface area contributed by atoms with Crippen LogP contribution in [-0.4, -0.2) is 9.97 Å². The van der Waals surface area contributed by atoms with Gasteiger partial charge in [0.1, 0.15) is 17.9 Å². The number of benzene rings is 1. The summed E-state index contributed by atoms with van der Waals surface area (Å²) in [5.41, 5.74) is 3.41. The Kier molecular flexibility index (Phi) is 4.32. The average molecular weight is 356 g/mol. The number of hydrazine groups is 1. The second-order valence-corrected chi connectivity index (χ2v) is 4.81. The molecule has 1 aromatic heterocycles. The van der Waals surface area contributed by atoms with Crippen LogP contribution in [-0.2, 0) is 6.42 Å². The van der Waals surface area contributed by atoms with Crippen LogP contribution in [0, 0.1) is 3.57 Å². The first-order chi connectivity index (χ1) is 8.74. The maximum atomic E-state index is 5.75. The fraction of sp³-hybridized carbons (Fsp3) is 0.167. The van der Waals surface area contributed by atoms with Crippen molar-refractivity contribution < 1.29 is 4.74 Å². The van der Waals surface area contributed by atoms with Crippen LogP contribution in [0.4, 0.5) is 5.82 Å². The molecule has 0 aliphatic carbocycles. The van der Waals surface area contributed by atoms with E-state index in [0.717, 1.165) is 21.3 Å². The van der Waals surface area contributed by atoms with E-state index < -0.39 is 0 Å². The number of aromatic nitrogens is 2. The van der Waals surface area contributed by atoms with Gasteiger partial charge in [0.15, 0.2) is 0 Å². The summed E-state index contributed by atoms with van der Waals surface area (Å²) in [6.07, 6.45) is 2.16. The molecule has 0 fully saturated rings. The van der Waals surface area contributed by atoms with Gasteiger partial charge >= 0.3 is 0 Å². The van der Waals surface area contributed by atoms with Crippen molar-refractivity contribution in [2.24, 2.45) is 5.84 Å². The fourth-order valence-electron chi connectivity index (χ4n) is 1.54. The monoisotopic (exact) mass is 356 g/mol. The zero-order valence-corrected chi connectivity index (χ0v) is 12.0. The van der Waals surface area contributed by atoms with E-state index >= 15 is 0 Å². The molecule has 1 aromatic carbocycles. The molecular weight excluding hydrogens is 343 g/mol. The number of halogens is 1. The van der Waals surface area contributed by atoms with Gasteiger partial charge in [0.25, 0.3) is 0 Å². The van der Waals surface area contributed by atoms with Crippen molar-refractivity contribution in [3.05, 3.63) is 39.7 Å². The summed E-state index contributed by atoms with van der Waals surface area (Å²) in [4.78, 5) is 8.20. The lowest BCUT2D eigenvalue weighted by Crippen LogP contribution is -2.12. The SMILES string of the molecule is CCc1c(NN)ncnc1Oc1ccc(I)cc1. The van der Waals surface area contributed by atoms with Crippen LogP contribution in [0.5, 0.6) is 11.6 Å². The quantitative estimate of drug-likeness (QED) is 0.501. The molecular formula is C12H13IN4O. The van der Waals surface area contributed by atoms with Crippen molar-refractivity contribution in [3.8, 4) is 11.6 Å². The van der Waals surface area contributed by atoms with Crippen LogP contribution in [0.15, 0.2) is 30.6 Å². The third kappa shape index (κ3) is 2.88. The standard InChI is InChI=1S/C12H13IN4O/c1-2-10-11(17-14)15-7-16-12(10)18-9-5-3-8(13)4-6-9/h3-7H,2,14H2,1H3,(H,15,16,17). The first-order valence-corrected chi connectivity index (χ1v) is 6.56. The van der Waals surface area contributed by atoms with Gasteiger partial charge in [-0.25, -0.2) is 15.8 Å². The van der Waals surface area contributed by atoms with E-state index in [1.807, 2.05) is 31.2 Å². The van der Waals surface area contributed by atoms with Crippen molar-refractivity contribution in [2.75, 3.05) is 5.43 Å². The number of ether oxygens (including phenoxy) is 1. The Hall–Kier alpha value is -1.41. The summed E-state index contributed by atoms with van der Waals surface area (Å²) in [5.74, 6) is 7.27. The third-order valence-electron chi connectivity index (χ3n) is 2.42. The van der Waals surface area contributed by atoms with Gasteiger partial charge in [0, 0.05) is 3.57 Å². The maximum Gasteiger partial charge on any atom is 0.227 e. The van der Waals surface area contributed by atoms with Crippen molar-refractivity contribution in [3.63, 3.8) is 0 Å². The minimum absolute atomic E-state index is 0.529. The van der Waals surface area contributed by atoms with Crippen molar-refractivity contribution in [2.45, 2.75) is 13.3 Å². The fourth-order valence-corrected chi connectivity index (χ4v) is 1.90. The molecule has 6 heteroatoms. The summed E-state index contributed by atoms with van der Waals surface area (Å²) < 4.78 is 6.90. The number of anilines is 1. The van der Waals surface area contributed by atoms with E-state index in [2.05, 4.69) is 38.0 Å². The number of nitrogens with zero attached hydrogens (tertiary/aromatic N) is 2. The van der Waals surface area contributed by atoms with Crippen LogP contribution >= 0.6 is 22.6 Å². The van der Waals surface area contributed by atoms with Crippen LogP contribution in [0.25, 0.3) is 0 Å². The van der Waals surface area contributed by atoms with E-state index in [-0.39, 0.29) is 0 Å². The van der Waals surface area contributed by atoms with Gasteiger partial charge < -0.3 is 10.2 Å². The zero-order chi connectivity index (χ0) is 13.0. The van der Waals surface area contributed by atoms with Gasteiger partial charge in [-0.1, -0.05) is 6.92 Å². The summed E-state index contributed by atoms with van der Waals surface area (Å²) >= 11 is 2.25. The van der Waals surface area contributed by atoms with Gasteiger partial charge in [-0.15, -0.1) is 0 Å². The lowest BCUT2D eigenvalue weighted by Gasteiger charge is -2.11. The minimum Gasteiger partial charge on any atom is -0.439 e. The van der Waals surface area contributed by atoms with Crippen molar-refractivity contribution in [1.29, 1.82) is 0 Å². The Morgan fingerprint density at radius 2 is 2.00 bits per heavy atom. The molecule has 0 bridgehead atoms. The minimum atomic E-state index is 0.529. The van der Waals surface area contributed by atoms with Gasteiger partial charge in [-0.05, 0) is 53.3 Å². The highest BCUT2D eigenvalue weighted by molar-refractivity contribution is 14.1. The zero-order valence-electron chi connectivity index (χ0n) is 9.85. The van der Waals surface area contributed by atoms with Crippen molar-refractivity contribution in [1.82, 2.24) is 9.97 Å². The predicted molar refractivity (Wildman–Crippen MR) is 78.5 cm³/mol. The van der Waals surface area contributed by atoms with Gasteiger partial charge in [-0.3, -0.25) is 0 Å². The Morgan fingerprint density at radius 1 is 1.28 bits per heavy atom. The molecule has 2 rings (SSSR count). The molecule has 0 saturated carbocycles. The molecule has 3 N–H and O–H groups in total. The Morgan fingerprint density at radius 3 is 2.61 bits per heavy atom. The Bertz CT molecular complexity index is 530. The molecule has 0 atom stereocenters. The Labute approximate surface area is 119 Å². The van der Waals surface area contributed by atoms with E-state index in [9.17, 15) is 0 Å². The Balaban J connectivity index is 2.31. The summed E-state index contributed by atoms with van der Waals surface area (Å²) in [5, 5.41) is 0. The van der Waals surface area contributed by atoms with Gasteiger partial charge in [-0.2, -0.15) is 0 Å². The number of nitrogen functional groups attached to an aromatic ring is 1. The molecule has 0 aliphatic rings. The first-order valence-electron chi connectivity index (χ1n) is 5.48. The molecule has 0 aliphatic heterocycles. The van der Waals surface area contributed by atoms with E-state index in [0.29, 0.717) is 11.7 Å². The molecule has 0 amide bonds. The molecule has 18 heavy (non-hydrogen) atoms. The van der Waals surface area contributed by atoms with E-state index in [1.54, 1.807) is 0 Å². The van der Waals surface area contributed by atoms with Crippen molar-refractivity contribution >= 4 is 28.4 Å². The highest BCUT2D eigenvalue weighted by Crippen LogP contribution is 2.27. The van der Waals surface area contributed by atoms with Crippen LogP contribution < -0.4 is 16.0 Å². The van der Waals surface area contributed by atoms with E-state index in [4.69, 9.17) is 10.6 Å². The van der Waals surface area contributed by atoms with E-state index in [1.165, 1.54) is 6.33 Å². The largest absolute Gasteiger partial charge is 0.439 e. The van der Waals surface area contributed by atoms with Crippen LogP contribution in [0.1, 0.15) is 12.5 Å². The number of hydrogen-bond acceptors (Lipinski definition) is 5. The molecule has 0 spiro atoms. The predicted octanol–water partition coefficient (Wildman–Crippen LogP) is 2.72. The lowest BCUT2D eigenvalue weighted by atomic mass is 10.2. The summed E-state index contributed by atoms with van der Waals surface area (Å²) in [7, 11) is 0. The maximum absolute atomic E-state index is 5.75. The van der Waals surface area contributed by atoms with Gasteiger partial charge in [0.05, 0.1) is 5.56 Å². The molecule has 0 saturated heterocycles. The topological polar surface area (TPSA) is 73.1 Å². The highest BCUT2D eigenvalue weighted by atomic mass is 127. The lowest BCUT2D eigenvalue weighted by molar-refractivity contribution is 0.455. The van der Waals surface area contributed by atoms with Crippen LogP contribution in [0.2, 0.25) is 0 Å². The normalized spacial score (nSPS) is 10.2. The molecule has 2 aromatic rings. The molecule has 1 heterocycles. The second kappa shape index (κ2) is 5.96. The summed E-state index contributed by atoms with van der Waals surface area (Å²) in [6.45, 7) is 2.00.